The maximum atomic E-state index is 13.1. The highest BCUT2D eigenvalue weighted by Gasteiger charge is 2.32. The van der Waals surface area contributed by atoms with Crippen LogP contribution >= 0.6 is 0 Å². The summed E-state index contributed by atoms with van der Waals surface area (Å²) >= 11 is 0. The molecule has 0 unspecified atom stereocenters. The number of ether oxygens (including phenoxy) is 1. The fourth-order valence-corrected chi connectivity index (χ4v) is 4.57. The highest BCUT2D eigenvalue weighted by Crippen LogP contribution is 2.36. The topological polar surface area (TPSA) is 89.7 Å². The van der Waals surface area contributed by atoms with Crippen LogP contribution in [-0.4, -0.2) is 27.0 Å². The lowest BCUT2D eigenvalue weighted by atomic mass is 10.0. The molecule has 0 spiro atoms. The first-order chi connectivity index (χ1) is 11.4. The Labute approximate surface area is 139 Å². The number of methoxy groups -OCH3 is 1. The Bertz CT molecular complexity index is 895. The first-order valence-corrected chi connectivity index (χ1v) is 8.82. The molecule has 24 heavy (non-hydrogen) atoms. The molecule has 0 saturated heterocycles. The summed E-state index contributed by atoms with van der Waals surface area (Å²) in [6.07, 6.45) is 1.49. The first-order valence-electron chi connectivity index (χ1n) is 7.38. The molecule has 1 aliphatic heterocycles. The minimum atomic E-state index is -3.97. The van der Waals surface area contributed by atoms with E-state index >= 15 is 0 Å². The molecular formula is C16H16N2O5S. The van der Waals surface area contributed by atoms with Gasteiger partial charge in [0.1, 0.15) is 10.6 Å². The standard InChI is InChI=1S/C16H16N2O5S/c1-23-15-9-8-13(18(19)20)11-16(15)24(21,22)17-10-4-6-12-5-2-3-7-14(12)17/h2-3,5,7-9,11H,4,6,10H2,1H3. The van der Waals surface area contributed by atoms with Gasteiger partial charge >= 0.3 is 0 Å². The minimum absolute atomic E-state index is 0.0867. The van der Waals surface area contributed by atoms with E-state index in [0.717, 1.165) is 18.1 Å². The van der Waals surface area contributed by atoms with Crippen LogP contribution in [0.25, 0.3) is 0 Å². The molecule has 1 heterocycles. The van der Waals surface area contributed by atoms with Crippen molar-refractivity contribution >= 4 is 21.4 Å². The molecule has 2 aromatic carbocycles. The molecule has 0 bridgehead atoms. The van der Waals surface area contributed by atoms with Gasteiger partial charge in [0.15, 0.2) is 0 Å². The molecule has 0 fully saturated rings. The van der Waals surface area contributed by atoms with Crippen LogP contribution in [0, 0.1) is 10.1 Å². The van der Waals surface area contributed by atoms with Gasteiger partial charge in [-0.25, -0.2) is 8.42 Å². The van der Waals surface area contributed by atoms with Gasteiger partial charge in [0, 0.05) is 18.7 Å². The van der Waals surface area contributed by atoms with Gasteiger partial charge in [0.25, 0.3) is 15.7 Å². The number of hydrogen-bond donors (Lipinski definition) is 0. The molecule has 0 saturated carbocycles. The smallest absolute Gasteiger partial charge is 0.271 e. The van der Waals surface area contributed by atoms with Gasteiger partial charge in [-0.15, -0.1) is 0 Å². The number of para-hydroxylation sites is 1. The Balaban J connectivity index is 2.16. The molecule has 3 rings (SSSR count). The number of hydrogen-bond acceptors (Lipinski definition) is 5. The van der Waals surface area contributed by atoms with Crippen molar-refractivity contribution in [3.05, 3.63) is 58.1 Å². The molecular weight excluding hydrogens is 332 g/mol. The Morgan fingerprint density at radius 1 is 1.21 bits per heavy atom. The van der Waals surface area contributed by atoms with Crippen LogP contribution in [0.5, 0.6) is 5.75 Å². The van der Waals surface area contributed by atoms with Crippen LogP contribution < -0.4 is 9.04 Å². The Kier molecular flexibility index (Phi) is 4.15. The van der Waals surface area contributed by atoms with Crippen LogP contribution in [0.3, 0.4) is 0 Å². The van der Waals surface area contributed by atoms with Crippen molar-refractivity contribution in [3.8, 4) is 5.75 Å². The van der Waals surface area contributed by atoms with Crippen LogP contribution in [0.15, 0.2) is 47.4 Å². The average Bonchev–Trinajstić information content (AvgIpc) is 2.60. The zero-order valence-corrected chi connectivity index (χ0v) is 13.8. The summed E-state index contributed by atoms with van der Waals surface area (Å²) in [5.74, 6) is 0.0867. The maximum absolute atomic E-state index is 13.1. The van der Waals surface area contributed by atoms with Crippen LogP contribution in [-0.2, 0) is 16.4 Å². The summed E-state index contributed by atoms with van der Waals surface area (Å²) in [7, 11) is -2.63. The van der Waals surface area contributed by atoms with E-state index in [9.17, 15) is 18.5 Å². The highest BCUT2D eigenvalue weighted by atomic mass is 32.2. The minimum Gasteiger partial charge on any atom is -0.495 e. The number of sulfonamides is 1. The number of nitro groups is 1. The van der Waals surface area contributed by atoms with Crippen molar-refractivity contribution in [1.29, 1.82) is 0 Å². The van der Waals surface area contributed by atoms with Crippen molar-refractivity contribution in [2.75, 3.05) is 18.0 Å². The lowest BCUT2D eigenvalue weighted by Crippen LogP contribution is -2.35. The summed E-state index contributed by atoms with van der Waals surface area (Å²) in [5, 5.41) is 11.0. The third kappa shape index (κ3) is 2.69. The van der Waals surface area contributed by atoms with Crippen LogP contribution in [0.1, 0.15) is 12.0 Å². The molecule has 1 aliphatic rings. The Morgan fingerprint density at radius 2 is 1.96 bits per heavy atom. The molecule has 0 N–H and O–H groups in total. The lowest BCUT2D eigenvalue weighted by molar-refractivity contribution is -0.385. The van der Waals surface area contributed by atoms with E-state index in [2.05, 4.69) is 0 Å². The van der Waals surface area contributed by atoms with E-state index in [1.165, 1.54) is 23.5 Å². The lowest BCUT2D eigenvalue weighted by Gasteiger charge is -2.30. The molecule has 0 radical (unpaired) electrons. The van der Waals surface area contributed by atoms with Crippen molar-refractivity contribution < 1.29 is 18.1 Å². The van der Waals surface area contributed by atoms with Gasteiger partial charge in [-0.05, 0) is 30.5 Å². The van der Waals surface area contributed by atoms with Gasteiger partial charge < -0.3 is 4.74 Å². The second-order valence-electron chi connectivity index (χ2n) is 5.40. The Morgan fingerprint density at radius 3 is 2.67 bits per heavy atom. The number of nitrogens with zero attached hydrogens (tertiary/aromatic N) is 2. The maximum Gasteiger partial charge on any atom is 0.271 e. The largest absolute Gasteiger partial charge is 0.495 e. The van der Waals surface area contributed by atoms with Gasteiger partial charge in [-0.1, -0.05) is 18.2 Å². The molecule has 8 heteroatoms. The van der Waals surface area contributed by atoms with Gasteiger partial charge in [-0.3, -0.25) is 14.4 Å². The second-order valence-corrected chi connectivity index (χ2v) is 7.23. The van der Waals surface area contributed by atoms with Gasteiger partial charge in [-0.2, -0.15) is 0 Å². The number of non-ortho nitro benzene ring substituents is 1. The number of nitro benzene ring substituents is 1. The number of anilines is 1. The summed E-state index contributed by atoms with van der Waals surface area (Å²) in [6.45, 7) is 0.325. The predicted octanol–water partition coefficient (Wildman–Crippen LogP) is 2.74. The summed E-state index contributed by atoms with van der Waals surface area (Å²) in [5.41, 5.74) is 1.26. The number of aryl methyl sites for hydroxylation is 1. The van der Waals surface area contributed by atoms with E-state index in [1.807, 2.05) is 12.1 Å². The molecule has 0 aromatic heterocycles. The van der Waals surface area contributed by atoms with Crippen molar-refractivity contribution in [3.63, 3.8) is 0 Å². The quantitative estimate of drug-likeness (QED) is 0.626. The van der Waals surface area contributed by atoms with E-state index in [-0.39, 0.29) is 16.3 Å². The normalized spacial score (nSPS) is 14.1. The monoisotopic (exact) mass is 348 g/mol. The van der Waals surface area contributed by atoms with Crippen molar-refractivity contribution in [1.82, 2.24) is 0 Å². The highest BCUT2D eigenvalue weighted by molar-refractivity contribution is 7.93. The number of fused-ring (bicyclic) bond motifs is 1. The van der Waals surface area contributed by atoms with Gasteiger partial charge in [0.2, 0.25) is 0 Å². The zero-order chi connectivity index (χ0) is 17.3. The van der Waals surface area contributed by atoms with Crippen LogP contribution in [0.2, 0.25) is 0 Å². The third-order valence-corrected chi connectivity index (χ3v) is 5.83. The first kappa shape index (κ1) is 16.3. The van der Waals surface area contributed by atoms with Crippen molar-refractivity contribution in [2.45, 2.75) is 17.7 Å². The van der Waals surface area contributed by atoms with E-state index in [4.69, 9.17) is 4.74 Å². The molecule has 0 amide bonds. The summed E-state index contributed by atoms with van der Waals surface area (Å²) < 4.78 is 32.7. The van der Waals surface area contributed by atoms with Gasteiger partial charge in [0.05, 0.1) is 17.7 Å². The zero-order valence-electron chi connectivity index (χ0n) is 13.0. The molecule has 126 valence electrons. The summed E-state index contributed by atoms with van der Waals surface area (Å²) in [4.78, 5) is 10.2. The number of rotatable bonds is 4. The average molecular weight is 348 g/mol. The predicted molar refractivity (Wildman–Crippen MR) is 88.9 cm³/mol. The van der Waals surface area contributed by atoms with Crippen LogP contribution in [0.4, 0.5) is 11.4 Å². The molecule has 0 aliphatic carbocycles. The molecule has 0 atom stereocenters. The van der Waals surface area contributed by atoms with Crippen molar-refractivity contribution in [2.24, 2.45) is 0 Å². The third-order valence-electron chi connectivity index (χ3n) is 3.99. The van der Waals surface area contributed by atoms with E-state index < -0.39 is 14.9 Å². The van der Waals surface area contributed by atoms with E-state index in [1.54, 1.807) is 12.1 Å². The Hall–Kier alpha value is -2.61. The van der Waals surface area contributed by atoms with E-state index in [0.29, 0.717) is 18.7 Å². The summed E-state index contributed by atoms with van der Waals surface area (Å²) in [6, 6.07) is 10.9. The number of benzene rings is 2. The molecule has 7 nitrogen and oxygen atoms in total. The fraction of sp³-hybridized carbons (Fsp3) is 0.250. The SMILES string of the molecule is COc1ccc([N+](=O)[O-])cc1S(=O)(=O)N1CCCc2ccccc21. The fourth-order valence-electron chi connectivity index (χ4n) is 2.85. The molecule has 2 aromatic rings. The second kappa shape index (κ2) is 6.12.